The van der Waals surface area contributed by atoms with Crippen LogP contribution in [0.2, 0.25) is 0 Å². The predicted octanol–water partition coefficient (Wildman–Crippen LogP) is 4.70. The lowest BCUT2D eigenvalue weighted by Gasteiger charge is -2.10. The Kier molecular flexibility index (Phi) is 4.58. The molecule has 0 radical (unpaired) electrons. The minimum absolute atomic E-state index is 0.117. The summed E-state index contributed by atoms with van der Waals surface area (Å²) < 4.78 is 39.5. The molecule has 5 nitrogen and oxygen atoms in total. The molecule has 0 bridgehead atoms. The third kappa shape index (κ3) is 3.35. The van der Waals surface area contributed by atoms with Crippen molar-refractivity contribution in [1.82, 2.24) is 5.16 Å². The second-order valence-electron chi connectivity index (χ2n) is 6.82. The molecule has 1 N–H and O–H groups in total. The van der Waals surface area contributed by atoms with Crippen LogP contribution in [-0.4, -0.2) is 16.2 Å². The Morgan fingerprint density at radius 1 is 1.25 bits per heavy atom. The van der Waals surface area contributed by atoms with Crippen LogP contribution < -0.4 is 4.74 Å². The fourth-order valence-electron chi connectivity index (χ4n) is 3.30. The van der Waals surface area contributed by atoms with Crippen molar-refractivity contribution >= 4 is 5.97 Å². The minimum Gasteiger partial charge on any atom is -0.483 e. The van der Waals surface area contributed by atoms with Gasteiger partial charge in [-0.15, -0.1) is 0 Å². The van der Waals surface area contributed by atoms with Gasteiger partial charge in [0.25, 0.3) is 0 Å². The molecule has 4 rings (SSSR count). The van der Waals surface area contributed by atoms with E-state index in [2.05, 4.69) is 5.16 Å². The first-order valence-electron chi connectivity index (χ1n) is 8.80. The lowest BCUT2D eigenvalue weighted by molar-refractivity contribution is -0.138. The number of aryl methyl sites for hydroxylation is 1. The molecule has 1 heterocycles. The molecule has 2 aromatic carbocycles. The normalized spacial score (nSPS) is 18.1. The van der Waals surface area contributed by atoms with E-state index < -0.39 is 29.3 Å². The van der Waals surface area contributed by atoms with Gasteiger partial charge in [0.05, 0.1) is 11.5 Å². The standard InChI is InChI=1S/C21H17F2NO4/c1-11-16(19(24-28-11)12-5-3-2-4-6-12)10-27-20-17(22)7-13(8-18(20)23)14-9-15(14)21(25)26/h2-8,14-15H,9-10H2,1H3,(H,25,26). The van der Waals surface area contributed by atoms with Gasteiger partial charge in [-0.05, 0) is 37.0 Å². The van der Waals surface area contributed by atoms with Gasteiger partial charge in [0.15, 0.2) is 17.4 Å². The number of carboxylic acid groups (broad SMARTS) is 1. The van der Waals surface area contributed by atoms with Crippen molar-refractivity contribution in [1.29, 1.82) is 0 Å². The molecular formula is C21H17F2NO4. The SMILES string of the molecule is Cc1onc(-c2ccccc2)c1COc1c(F)cc(C2CC2C(=O)O)cc1F. The summed E-state index contributed by atoms with van der Waals surface area (Å²) in [5, 5.41) is 13.0. The van der Waals surface area contributed by atoms with Crippen LogP contribution in [0, 0.1) is 24.5 Å². The summed E-state index contributed by atoms with van der Waals surface area (Å²) in [5.41, 5.74) is 2.29. The smallest absolute Gasteiger partial charge is 0.307 e. The zero-order valence-electron chi connectivity index (χ0n) is 15.0. The van der Waals surface area contributed by atoms with Gasteiger partial charge in [0.1, 0.15) is 18.1 Å². The maximum atomic E-state index is 14.4. The molecule has 1 aliphatic carbocycles. The molecule has 2 atom stereocenters. The Morgan fingerprint density at radius 2 is 1.93 bits per heavy atom. The first-order chi connectivity index (χ1) is 13.5. The highest BCUT2D eigenvalue weighted by atomic mass is 19.1. The Hall–Kier alpha value is -3.22. The monoisotopic (exact) mass is 385 g/mol. The van der Waals surface area contributed by atoms with E-state index in [1.165, 1.54) is 0 Å². The Morgan fingerprint density at radius 3 is 2.54 bits per heavy atom. The summed E-state index contributed by atoms with van der Waals surface area (Å²) in [6.07, 6.45) is 0.384. The second kappa shape index (κ2) is 7.07. The molecule has 2 unspecified atom stereocenters. The molecule has 0 saturated heterocycles. The number of nitrogens with zero attached hydrogens (tertiary/aromatic N) is 1. The molecule has 1 aromatic heterocycles. The number of carbonyl (C=O) groups is 1. The van der Waals surface area contributed by atoms with E-state index in [9.17, 15) is 13.6 Å². The number of halogens is 2. The third-order valence-electron chi connectivity index (χ3n) is 4.95. The number of hydrogen-bond acceptors (Lipinski definition) is 4. The lowest BCUT2D eigenvalue weighted by Crippen LogP contribution is -2.03. The predicted molar refractivity (Wildman–Crippen MR) is 95.8 cm³/mol. The van der Waals surface area contributed by atoms with Gasteiger partial charge >= 0.3 is 5.97 Å². The molecule has 1 saturated carbocycles. The van der Waals surface area contributed by atoms with Crippen LogP contribution in [-0.2, 0) is 11.4 Å². The average molecular weight is 385 g/mol. The Bertz CT molecular complexity index is 1010. The highest BCUT2D eigenvalue weighted by molar-refractivity contribution is 5.75. The average Bonchev–Trinajstić information content (AvgIpc) is 3.40. The van der Waals surface area contributed by atoms with E-state index in [4.69, 9.17) is 14.4 Å². The summed E-state index contributed by atoms with van der Waals surface area (Å²) in [6, 6.07) is 11.6. The molecule has 0 spiro atoms. The van der Waals surface area contributed by atoms with Gasteiger partial charge in [-0.2, -0.15) is 0 Å². The number of ether oxygens (including phenoxy) is 1. The van der Waals surface area contributed by atoms with Gasteiger partial charge in [-0.3, -0.25) is 4.79 Å². The third-order valence-corrected chi connectivity index (χ3v) is 4.95. The molecule has 7 heteroatoms. The van der Waals surface area contributed by atoms with Crippen molar-refractivity contribution in [3.8, 4) is 17.0 Å². The number of aromatic nitrogens is 1. The van der Waals surface area contributed by atoms with Crippen molar-refractivity contribution in [2.45, 2.75) is 25.9 Å². The first-order valence-corrected chi connectivity index (χ1v) is 8.80. The zero-order chi connectivity index (χ0) is 19.8. The van der Waals surface area contributed by atoms with Gasteiger partial charge in [0, 0.05) is 5.56 Å². The van der Waals surface area contributed by atoms with Crippen LogP contribution in [0.25, 0.3) is 11.3 Å². The van der Waals surface area contributed by atoms with Gasteiger partial charge in [-0.25, -0.2) is 8.78 Å². The number of rotatable bonds is 6. The van der Waals surface area contributed by atoms with E-state index in [0.717, 1.165) is 17.7 Å². The minimum atomic E-state index is -0.956. The van der Waals surface area contributed by atoms with Crippen LogP contribution in [0.1, 0.15) is 29.2 Å². The number of carboxylic acids is 1. The number of aliphatic carboxylic acids is 1. The maximum Gasteiger partial charge on any atom is 0.307 e. The van der Waals surface area contributed by atoms with Crippen LogP contribution in [0.3, 0.4) is 0 Å². The van der Waals surface area contributed by atoms with Crippen LogP contribution in [0.15, 0.2) is 47.0 Å². The van der Waals surface area contributed by atoms with Gasteiger partial charge in [-0.1, -0.05) is 35.5 Å². The molecule has 3 aromatic rings. The molecule has 144 valence electrons. The maximum absolute atomic E-state index is 14.4. The quantitative estimate of drug-likeness (QED) is 0.666. The summed E-state index contributed by atoms with van der Waals surface area (Å²) in [6.45, 7) is 1.58. The Labute approximate surface area is 159 Å². The van der Waals surface area contributed by atoms with Crippen LogP contribution in [0.5, 0.6) is 5.75 Å². The van der Waals surface area contributed by atoms with Crippen molar-refractivity contribution < 1.29 is 27.9 Å². The van der Waals surface area contributed by atoms with Gasteiger partial charge in [0.2, 0.25) is 0 Å². The van der Waals surface area contributed by atoms with E-state index in [1.54, 1.807) is 6.92 Å². The Balaban J connectivity index is 1.55. The van der Waals surface area contributed by atoms with Crippen molar-refractivity contribution in [2.24, 2.45) is 5.92 Å². The van der Waals surface area contributed by atoms with E-state index >= 15 is 0 Å². The lowest BCUT2D eigenvalue weighted by atomic mass is 10.1. The molecule has 0 aliphatic heterocycles. The summed E-state index contributed by atoms with van der Waals surface area (Å²) in [5.74, 6) is -3.63. The molecule has 0 amide bonds. The van der Waals surface area contributed by atoms with E-state index in [0.29, 0.717) is 29.0 Å². The van der Waals surface area contributed by atoms with Gasteiger partial charge < -0.3 is 14.4 Å². The largest absolute Gasteiger partial charge is 0.483 e. The second-order valence-corrected chi connectivity index (χ2v) is 6.82. The van der Waals surface area contributed by atoms with Crippen LogP contribution in [0.4, 0.5) is 8.78 Å². The molecular weight excluding hydrogens is 368 g/mol. The van der Waals surface area contributed by atoms with E-state index in [1.807, 2.05) is 30.3 Å². The van der Waals surface area contributed by atoms with Crippen LogP contribution >= 0.6 is 0 Å². The highest BCUT2D eigenvalue weighted by Gasteiger charge is 2.44. The zero-order valence-corrected chi connectivity index (χ0v) is 15.0. The summed E-state index contributed by atoms with van der Waals surface area (Å²) >= 11 is 0. The summed E-state index contributed by atoms with van der Waals surface area (Å²) in [4.78, 5) is 11.0. The number of benzene rings is 2. The fraction of sp³-hybridized carbons (Fsp3) is 0.238. The first kappa shape index (κ1) is 18.2. The highest BCUT2D eigenvalue weighted by Crippen LogP contribution is 2.48. The summed E-state index contributed by atoms with van der Waals surface area (Å²) in [7, 11) is 0. The van der Waals surface area contributed by atoms with Crippen molar-refractivity contribution in [3.05, 3.63) is 71.0 Å². The molecule has 1 aliphatic rings. The van der Waals surface area contributed by atoms with E-state index in [-0.39, 0.29) is 12.5 Å². The van der Waals surface area contributed by atoms with Crippen molar-refractivity contribution in [2.75, 3.05) is 0 Å². The topological polar surface area (TPSA) is 72.6 Å². The molecule has 28 heavy (non-hydrogen) atoms. The van der Waals surface area contributed by atoms with Crippen molar-refractivity contribution in [3.63, 3.8) is 0 Å². The molecule has 1 fully saturated rings. The fourth-order valence-corrected chi connectivity index (χ4v) is 3.30. The number of hydrogen-bond donors (Lipinski definition) is 1.